The molecule has 0 aromatic rings. The Morgan fingerprint density at radius 2 is 1.52 bits per heavy atom. The molecule has 0 aromatic heterocycles. The molecule has 150 valence electrons. The van der Waals surface area contributed by atoms with Gasteiger partial charge in [-0.3, -0.25) is 14.4 Å². The van der Waals surface area contributed by atoms with Crippen LogP contribution >= 0.6 is 0 Å². The summed E-state index contributed by atoms with van der Waals surface area (Å²) in [6.45, 7) is 8.99. The summed E-state index contributed by atoms with van der Waals surface area (Å²) in [4.78, 5) is 37.3. The fraction of sp³-hybridized carbons (Fsp3) is 0.619. The lowest BCUT2D eigenvalue weighted by molar-refractivity contribution is -0.169. The first kappa shape index (κ1) is 22.7. The molecule has 27 heavy (non-hydrogen) atoms. The van der Waals surface area contributed by atoms with Crippen molar-refractivity contribution in [3.05, 3.63) is 29.5 Å². The molecule has 0 fully saturated rings. The van der Waals surface area contributed by atoms with E-state index in [0.717, 1.165) is 5.57 Å². The summed E-state index contributed by atoms with van der Waals surface area (Å²) in [6.07, 6.45) is 5.41. The predicted octanol–water partition coefficient (Wildman–Crippen LogP) is 3.36. The quantitative estimate of drug-likeness (QED) is 0.240. The molecule has 0 aliphatic heterocycles. The highest BCUT2D eigenvalue weighted by molar-refractivity contribution is 6.03. The zero-order chi connectivity index (χ0) is 20.8. The molecule has 0 saturated heterocycles. The molecular formula is C21H30O6. The van der Waals surface area contributed by atoms with E-state index < -0.39 is 34.8 Å². The van der Waals surface area contributed by atoms with Gasteiger partial charge in [0.05, 0.1) is 19.6 Å². The molecule has 0 heterocycles. The van der Waals surface area contributed by atoms with Gasteiger partial charge in [0.2, 0.25) is 0 Å². The number of carbonyl (C=O) groups excluding carboxylic acids is 3. The average Bonchev–Trinajstić information content (AvgIpc) is 2.61. The third-order valence-electron chi connectivity index (χ3n) is 4.41. The first-order chi connectivity index (χ1) is 12.5. The fourth-order valence-electron chi connectivity index (χ4n) is 2.79. The SMILES string of the molecule is COC(=O)C(C=C=C(C)C)(C(=O)OC)[C@@H]1C=C[C@@H](OC(=O)C(C)(C)C)CC1. The summed E-state index contributed by atoms with van der Waals surface area (Å²) >= 11 is 0. The van der Waals surface area contributed by atoms with Gasteiger partial charge in [-0.1, -0.05) is 6.08 Å². The van der Waals surface area contributed by atoms with E-state index >= 15 is 0 Å². The van der Waals surface area contributed by atoms with Crippen molar-refractivity contribution in [3.8, 4) is 0 Å². The molecule has 6 heteroatoms. The number of rotatable bonds is 5. The normalized spacial score (nSPS) is 19.5. The van der Waals surface area contributed by atoms with Crippen LogP contribution in [0.25, 0.3) is 0 Å². The van der Waals surface area contributed by atoms with Gasteiger partial charge < -0.3 is 14.2 Å². The second-order valence-electron chi connectivity index (χ2n) is 7.90. The summed E-state index contributed by atoms with van der Waals surface area (Å²) < 4.78 is 15.3. The fourth-order valence-corrected chi connectivity index (χ4v) is 2.79. The Morgan fingerprint density at radius 1 is 0.963 bits per heavy atom. The lowest BCUT2D eigenvalue weighted by Crippen LogP contribution is -2.46. The van der Waals surface area contributed by atoms with Crippen LogP contribution in [0, 0.1) is 16.7 Å². The Balaban J connectivity index is 3.24. The van der Waals surface area contributed by atoms with Crippen LogP contribution < -0.4 is 0 Å². The predicted molar refractivity (Wildman–Crippen MR) is 101 cm³/mol. The molecule has 2 atom stereocenters. The molecule has 0 spiro atoms. The maximum absolute atomic E-state index is 12.6. The van der Waals surface area contributed by atoms with E-state index in [1.54, 1.807) is 32.9 Å². The topological polar surface area (TPSA) is 78.9 Å². The van der Waals surface area contributed by atoms with Crippen molar-refractivity contribution in [1.29, 1.82) is 0 Å². The maximum atomic E-state index is 12.6. The van der Waals surface area contributed by atoms with Crippen molar-refractivity contribution in [3.63, 3.8) is 0 Å². The Labute approximate surface area is 161 Å². The van der Waals surface area contributed by atoms with Crippen LogP contribution in [0.15, 0.2) is 29.5 Å². The van der Waals surface area contributed by atoms with Crippen molar-refractivity contribution in [2.24, 2.45) is 16.7 Å². The van der Waals surface area contributed by atoms with Gasteiger partial charge in [-0.2, -0.15) is 0 Å². The van der Waals surface area contributed by atoms with Gasteiger partial charge in [-0.15, -0.1) is 5.73 Å². The largest absolute Gasteiger partial charge is 0.468 e. The van der Waals surface area contributed by atoms with Crippen molar-refractivity contribution in [2.45, 2.75) is 53.6 Å². The zero-order valence-electron chi connectivity index (χ0n) is 17.3. The van der Waals surface area contributed by atoms with Gasteiger partial charge in [0.15, 0.2) is 5.41 Å². The first-order valence-electron chi connectivity index (χ1n) is 8.96. The Kier molecular flexibility index (Phi) is 7.61. The molecule has 0 N–H and O–H groups in total. The summed E-state index contributed by atoms with van der Waals surface area (Å²) in [5.74, 6) is -2.20. The molecule has 0 bridgehead atoms. The molecule has 0 radical (unpaired) electrons. The molecule has 0 aromatic carbocycles. The van der Waals surface area contributed by atoms with Crippen LogP contribution in [0.4, 0.5) is 0 Å². The molecule has 6 nitrogen and oxygen atoms in total. The minimum absolute atomic E-state index is 0.299. The van der Waals surface area contributed by atoms with Crippen LogP contribution in [0.2, 0.25) is 0 Å². The maximum Gasteiger partial charge on any atom is 0.328 e. The van der Waals surface area contributed by atoms with Crippen LogP contribution in [-0.4, -0.2) is 38.2 Å². The Bertz CT molecular complexity index is 653. The standard InChI is InChI=1S/C21H30O6/c1-14(2)12-13-21(18(23)25-6,19(24)26-7)15-8-10-16(11-9-15)27-17(22)20(3,4)5/h8,10,13,15-16H,9,11H2,1-7H3/t15-,16-/m1/s1. The molecule has 1 aliphatic rings. The van der Waals surface area contributed by atoms with E-state index in [0.29, 0.717) is 12.8 Å². The van der Waals surface area contributed by atoms with Crippen molar-refractivity contribution in [1.82, 2.24) is 0 Å². The second-order valence-corrected chi connectivity index (χ2v) is 7.90. The zero-order valence-corrected chi connectivity index (χ0v) is 17.3. The van der Waals surface area contributed by atoms with Gasteiger partial charge in [0.1, 0.15) is 6.10 Å². The second kappa shape index (κ2) is 9.05. The van der Waals surface area contributed by atoms with E-state index in [4.69, 9.17) is 14.2 Å². The van der Waals surface area contributed by atoms with E-state index in [1.807, 2.05) is 13.8 Å². The highest BCUT2D eigenvalue weighted by atomic mass is 16.6. The van der Waals surface area contributed by atoms with Gasteiger partial charge in [0, 0.05) is 5.92 Å². The summed E-state index contributed by atoms with van der Waals surface area (Å²) in [5, 5.41) is 0. The van der Waals surface area contributed by atoms with Crippen molar-refractivity contribution < 1.29 is 28.6 Å². The molecule has 1 rings (SSSR count). The lowest BCUT2D eigenvalue weighted by atomic mass is 9.70. The van der Waals surface area contributed by atoms with E-state index in [2.05, 4.69) is 5.73 Å². The molecule has 0 unspecified atom stereocenters. The molecular weight excluding hydrogens is 348 g/mol. The van der Waals surface area contributed by atoms with Gasteiger partial charge in [-0.05, 0) is 65.2 Å². The van der Waals surface area contributed by atoms with Crippen molar-refractivity contribution >= 4 is 17.9 Å². The number of ether oxygens (including phenoxy) is 3. The smallest absolute Gasteiger partial charge is 0.328 e. The number of carbonyl (C=O) groups is 3. The average molecular weight is 378 g/mol. The third-order valence-corrected chi connectivity index (χ3v) is 4.41. The number of allylic oxidation sites excluding steroid dienone is 1. The van der Waals surface area contributed by atoms with Crippen LogP contribution in [0.1, 0.15) is 47.5 Å². The minimum atomic E-state index is -1.63. The van der Waals surface area contributed by atoms with Crippen LogP contribution in [0.5, 0.6) is 0 Å². The monoisotopic (exact) mass is 378 g/mol. The molecule has 0 saturated carbocycles. The van der Waals surface area contributed by atoms with E-state index in [1.165, 1.54) is 20.3 Å². The summed E-state index contributed by atoms with van der Waals surface area (Å²) in [6, 6.07) is 0. The lowest BCUT2D eigenvalue weighted by Gasteiger charge is -2.34. The van der Waals surface area contributed by atoms with Gasteiger partial charge in [0.25, 0.3) is 0 Å². The van der Waals surface area contributed by atoms with Crippen molar-refractivity contribution in [2.75, 3.05) is 14.2 Å². The van der Waals surface area contributed by atoms with Gasteiger partial charge >= 0.3 is 17.9 Å². The minimum Gasteiger partial charge on any atom is -0.468 e. The molecule has 0 amide bonds. The van der Waals surface area contributed by atoms with Crippen LogP contribution in [-0.2, 0) is 28.6 Å². The summed E-state index contributed by atoms with van der Waals surface area (Å²) in [5.41, 5.74) is 1.53. The third kappa shape index (κ3) is 5.33. The van der Waals surface area contributed by atoms with Crippen LogP contribution in [0.3, 0.4) is 0 Å². The van der Waals surface area contributed by atoms with E-state index in [9.17, 15) is 14.4 Å². The molecule has 1 aliphatic carbocycles. The summed E-state index contributed by atoms with van der Waals surface area (Å²) in [7, 11) is 2.47. The number of hydrogen-bond donors (Lipinski definition) is 0. The van der Waals surface area contributed by atoms with E-state index in [-0.39, 0.29) is 5.97 Å². The highest BCUT2D eigenvalue weighted by Gasteiger charge is 2.52. The number of esters is 3. The number of methoxy groups -OCH3 is 2. The Hall–Kier alpha value is -2.33. The van der Waals surface area contributed by atoms with Gasteiger partial charge in [-0.25, -0.2) is 0 Å². The Morgan fingerprint density at radius 3 is 1.89 bits per heavy atom. The number of hydrogen-bond acceptors (Lipinski definition) is 6. The first-order valence-corrected chi connectivity index (χ1v) is 8.96. The highest BCUT2D eigenvalue weighted by Crippen LogP contribution is 2.40.